The van der Waals surface area contributed by atoms with E-state index in [0.29, 0.717) is 5.06 Å². The van der Waals surface area contributed by atoms with Crippen molar-refractivity contribution in [3.05, 3.63) is 24.4 Å². The smallest absolute Gasteiger partial charge is 0.330 e. The fraction of sp³-hybridized carbons (Fsp3) is 0.333. The summed E-state index contributed by atoms with van der Waals surface area (Å²) in [5.41, 5.74) is 0. The van der Waals surface area contributed by atoms with Gasteiger partial charge in [0.05, 0.1) is 12.2 Å². The van der Waals surface area contributed by atoms with Gasteiger partial charge in [0.1, 0.15) is 0 Å². The van der Waals surface area contributed by atoms with Gasteiger partial charge >= 0.3 is 5.97 Å². The van der Waals surface area contributed by atoms with E-state index >= 15 is 0 Å². The minimum absolute atomic E-state index is 0.0155. The average molecular weight is 312 g/mol. The molecule has 0 unspecified atom stereocenters. The van der Waals surface area contributed by atoms with E-state index in [1.807, 2.05) is 0 Å². The van der Waals surface area contributed by atoms with Gasteiger partial charge in [-0.1, -0.05) is 6.07 Å². The molecule has 8 nitrogen and oxygen atoms in total. The first kappa shape index (κ1) is 15.1. The number of hydrogen-bond donors (Lipinski definition) is 0. The van der Waals surface area contributed by atoms with E-state index in [0.717, 1.165) is 0 Å². The predicted octanol–water partition coefficient (Wildman–Crippen LogP) is -0.147. The van der Waals surface area contributed by atoms with Crippen LogP contribution < -0.4 is 0 Å². The Bertz CT molecular complexity index is 654. The third-order valence-corrected chi connectivity index (χ3v) is 4.35. The zero-order valence-electron chi connectivity index (χ0n) is 10.9. The Morgan fingerprint density at radius 1 is 1.24 bits per heavy atom. The van der Waals surface area contributed by atoms with Crippen LogP contribution in [0.5, 0.6) is 0 Å². The van der Waals surface area contributed by atoms with E-state index in [1.54, 1.807) is 6.07 Å². The minimum atomic E-state index is -3.72. The highest BCUT2D eigenvalue weighted by Crippen LogP contribution is 2.13. The largest absolute Gasteiger partial charge is 0.334 e. The second kappa shape index (κ2) is 6.00. The average Bonchev–Trinajstić information content (AvgIpc) is 2.78. The molecule has 0 N–H and O–H groups in total. The van der Waals surface area contributed by atoms with Crippen molar-refractivity contribution in [3.8, 4) is 0 Å². The summed E-state index contributed by atoms with van der Waals surface area (Å²) in [7, 11) is -3.72. The minimum Gasteiger partial charge on any atom is -0.330 e. The lowest BCUT2D eigenvalue weighted by Crippen LogP contribution is -2.32. The maximum atomic E-state index is 11.9. The molecule has 1 saturated heterocycles. The van der Waals surface area contributed by atoms with Gasteiger partial charge in [0.15, 0.2) is 14.9 Å². The van der Waals surface area contributed by atoms with Gasteiger partial charge in [0, 0.05) is 19.0 Å². The standard InChI is InChI=1S/C12H12N2O6S/c15-10-4-5-11(16)14(10)20-12(17)6-8-21(18,19)9-3-1-2-7-13-9/h1-3,7H,4-6,8H2. The molecule has 2 amide bonds. The van der Waals surface area contributed by atoms with Crippen LogP contribution in [-0.2, 0) is 29.1 Å². The lowest BCUT2D eigenvalue weighted by atomic mass is 10.4. The van der Waals surface area contributed by atoms with E-state index in [-0.39, 0.29) is 17.9 Å². The van der Waals surface area contributed by atoms with E-state index in [1.165, 1.54) is 18.3 Å². The molecule has 0 radical (unpaired) electrons. The van der Waals surface area contributed by atoms with Gasteiger partial charge in [-0.2, -0.15) is 0 Å². The number of hydroxylamine groups is 2. The summed E-state index contributed by atoms with van der Waals surface area (Å²) >= 11 is 0. The SMILES string of the molecule is O=C(CCS(=O)(=O)c1ccccn1)ON1C(=O)CCC1=O. The summed E-state index contributed by atoms with van der Waals surface area (Å²) < 4.78 is 23.8. The summed E-state index contributed by atoms with van der Waals surface area (Å²) in [4.78, 5) is 42.3. The molecule has 0 aliphatic carbocycles. The molecule has 0 atom stereocenters. The van der Waals surface area contributed by atoms with Crippen molar-refractivity contribution < 1.29 is 27.6 Å². The second-order valence-corrected chi connectivity index (χ2v) is 6.34. The van der Waals surface area contributed by atoms with E-state index in [4.69, 9.17) is 0 Å². The van der Waals surface area contributed by atoms with Gasteiger partial charge < -0.3 is 4.84 Å². The first-order chi connectivity index (χ1) is 9.90. The monoisotopic (exact) mass is 312 g/mol. The number of nitrogens with zero attached hydrogens (tertiary/aromatic N) is 2. The van der Waals surface area contributed by atoms with Crippen LogP contribution in [0.4, 0.5) is 0 Å². The zero-order chi connectivity index (χ0) is 15.5. The van der Waals surface area contributed by atoms with Crippen LogP contribution in [0.15, 0.2) is 29.4 Å². The summed E-state index contributed by atoms with van der Waals surface area (Å²) in [6, 6.07) is 4.39. The molecule has 0 bridgehead atoms. The lowest BCUT2D eigenvalue weighted by Gasteiger charge is -2.12. The molecule has 2 heterocycles. The van der Waals surface area contributed by atoms with Crippen LogP contribution in [0.2, 0.25) is 0 Å². The Morgan fingerprint density at radius 3 is 2.48 bits per heavy atom. The van der Waals surface area contributed by atoms with Crippen LogP contribution >= 0.6 is 0 Å². The highest BCUT2D eigenvalue weighted by Gasteiger charge is 2.33. The molecule has 0 aromatic carbocycles. The summed E-state index contributed by atoms with van der Waals surface area (Å²) in [6.07, 6.45) is 0.819. The number of hydrogen-bond acceptors (Lipinski definition) is 7. The molecule has 1 aliphatic heterocycles. The van der Waals surface area contributed by atoms with Crippen molar-refractivity contribution in [2.24, 2.45) is 0 Å². The molecule has 0 saturated carbocycles. The number of carbonyl (C=O) groups is 3. The normalized spacial score (nSPS) is 15.3. The first-order valence-corrected chi connectivity index (χ1v) is 7.76. The van der Waals surface area contributed by atoms with Crippen molar-refractivity contribution >= 4 is 27.6 Å². The number of sulfone groups is 1. The molecule has 9 heteroatoms. The molecule has 0 spiro atoms. The molecule has 2 rings (SSSR count). The van der Waals surface area contributed by atoms with Gasteiger partial charge in [-0.05, 0) is 12.1 Å². The Morgan fingerprint density at radius 2 is 1.90 bits per heavy atom. The topological polar surface area (TPSA) is 111 Å². The maximum absolute atomic E-state index is 11.9. The molecule has 21 heavy (non-hydrogen) atoms. The van der Waals surface area contributed by atoms with Crippen molar-refractivity contribution in [2.75, 3.05) is 5.75 Å². The quantitative estimate of drug-likeness (QED) is 0.695. The molecule has 1 aromatic heterocycles. The summed E-state index contributed by atoms with van der Waals surface area (Å²) in [5, 5.41) is 0.238. The van der Waals surface area contributed by atoms with Crippen molar-refractivity contribution in [1.29, 1.82) is 0 Å². The Hall–Kier alpha value is -2.29. The third-order valence-electron chi connectivity index (χ3n) is 2.73. The fourth-order valence-electron chi connectivity index (χ4n) is 1.66. The first-order valence-electron chi connectivity index (χ1n) is 6.10. The lowest BCUT2D eigenvalue weighted by molar-refractivity contribution is -0.197. The third kappa shape index (κ3) is 3.63. The van der Waals surface area contributed by atoms with Crippen LogP contribution in [0.3, 0.4) is 0 Å². The summed E-state index contributed by atoms with van der Waals surface area (Å²) in [5.74, 6) is -2.70. The number of rotatable bonds is 5. The van der Waals surface area contributed by atoms with Crippen LogP contribution in [-0.4, -0.2) is 42.0 Å². The fourth-order valence-corrected chi connectivity index (χ4v) is 2.81. The van der Waals surface area contributed by atoms with Gasteiger partial charge in [-0.3, -0.25) is 9.59 Å². The van der Waals surface area contributed by atoms with Crippen molar-refractivity contribution in [2.45, 2.75) is 24.3 Å². The Kier molecular flexibility index (Phi) is 4.32. The molecular formula is C12H12N2O6S. The van der Waals surface area contributed by atoms with Gasteiger partial charge in [0.2, 0.25) is 0 Å². The summed E-state index contributed by atoms with van der Waals surface area (Å²) in [6.45, 7) is 0. The highest BCUT2D eigenvalue weighted by atomic mass is 32.2. The van der Waals surface area contributed by atoms with Crippen molar-refractivity contribution in [3.63, 3.8) is 0 Å². The van der Waals surface area contributed by atoms with Crippen LogP contribution in [0.1, 0.15) is 19.3 Å². The van der Waals surface area contributed by atoms with Crippen LogP contribution in [0.25, 0.3) is 0 Å². The second-order valence-electron chi connectivity index (χ2n) is 4.28. The van der Waals surface area contributed by atoms with Gasteiger partial charge in [-0.15, -0.1) is 5.06 Å². The molecular weight excluding hydrogens is 300 g/mol. The number of carbonyl (C=O) groups excluding carboxylic acids is 3. The van der Waals surface area contributed by atoms with E-state index in [9.17, 15) is 22.8 Å². The Labute approximate surface area is 120 Å². The highest BCUT2D eigenvalue weighted by molar-refractivity contribution is 7.91. The van der Waals surface area contributed by atoms with Crippen molar-refractivity contribution in [1.82, 2.24) is 10.0 Å². The molecule has 112 valence electrons. The van der Waals surface area contributed by atoms with Gasteiger partial charge in [-0.25, -0.2) is 18.2 Å². The number of imide groups is 1. The van der Waals surface area contributed by atoms with E-state index < -0.39 is 39.8 Å². The zero-order valence-corrected chi connectivity index (χ0v) is 11.7. The number of pyridine rings is 1. The maximum Gasteiger partial charge on any atom is 0.334 e. The van der Waals surface area contributed by atoms with Gasteiger partial charge in [0.25, 0.3) is 11.8 Å². The molecule has 1 fully saturated rings. The number of amides is 2. The Balaban J connectivity index is 1.92. The van der Waals surface area contributed by atoms with E-state index in [2.05, 4.69) is 9.82 Å². The number of aromatic nitrogens is 1. The molecule has 1 aliphatic rings. The van der Waals surface area contributed by atoms with Crippen LogP contribution in [0, 0.1) is 0 Å². The molecule has 1 aromatic rings. The predicted molar refractivity (Wildman–Crippen MR) is 68.1 cm³/mol.